The maximum absolute atomic E-state index is 12.3. The first-order valence-electron chi connectivity index (χ1n) is 9.24. The summed E-state index contributed by atoms with van der Waals surface area (Å²) in [5.41, 5.74) is 2.94. The van der Waals surface area contributed by atoms with Crippen LogP contribution < -0.4 is 20.7 Å². The molecule has 2 amide bonds. The molecule has 3 rings (SSSR count). The number of nitrogens with one attached hydrogen (secondary N) is 3. The quantitative estimate of drug-likeness (QED) is 0.549. The number of carbonyl (C=O) groups excluding carboxylic acids is 2. The van der Waals surface area contributed by atoms with Gasteiger partial charge in [-0.15, -0.1) is 0 Å². The minimum Gasteiger partial charge on any atom is -0.495 e. The summed E-state index contributed by atoms with van der Waals surface area (Å²) in [6.45, 7) is 0.562. The van der Waals surface area contributed by atoms with E-state index < -0.39 is 0 Å². The number of para-hydroxylation sites is 2. The van der Waals surface area contributed by atoms with Crippen molar-refractivity contribution in [1.29, 1.82) is 0 Å². The van der Waals surface area contributed by atoms with E-state index in [9.17, 15) is 9.59 Å². The van der Waals surface area contributed by atoms with Crippen molar-refractivity contribution in [2.75, 3.05) is 24.3 Å². The van der Waals surface area contributed by atoms with Gasteiger partial charge >= 0.3 is 0 Å². The van der Waals surface area contributed by atoms with Crippen LogP contribution in [0.1, 0.15) is 15.9 Å². The molecule has 0 aliphatic heterocycles. The Hall–Kier alpha value is -3.80. The van der Waals surface area contributed by atoms with Gasteiger partial charge in [-0.3, -0.25) is 9.59 Å². The van der Waals surface area contributed by atoms with Crippen LogP contribution in [-0.4, -0.2) is 25.5 Å². The lowest BCUT2D eigenvalue weighted by atomic mass is 10.1. The number of amides is 2. The number of hydrogen-bond acceptors (Lipinski definition) is 4. The van der Waals surface area contributed by atoms with Gasteiger partial charge in [0.15, 0.2) is 0 Å². The van der Waals surface area contributed by atoms with Crippen LogP contribution in [0, 0.1) is 0 Å². The van der Waals surface area contributed by atoms with Crippen LogP contribution in [-0.2, 0) is 11.3 Å². The number of rotatable bonds is 8. The fourth-order valence-electron chi connectivity index (χ4n) is 2.76. The Morgan fingerprint density at radius 2 is 1.55 bits per heavy atom. The smallest absolute Gasteiger partial charge is 0.251 e. The van der Waals surface area contributed by atoms with Gasteiger partial charge in [0.25, 0.3) is 5.91 Å². The van der Waals surface area contributed by atoms with Crippen molar-refractivity contribution in [1.82, 2.24) is 5.32 Å². The van der Waals surface area contributed by atoms with Gasteiger partial charge in [0.2, 0.25) is 5.91 Å². The topological polar surface area (TPSA) is 79.5 Å². The van der Waals surface area contributed by atoms with Gasteiger partial charge in [0.1, 0.15) is 5.75 Å². The third kappa shape index (κ3) is 5.84. The zero-order valence-electron chi connectivity index (χ0n) is 16.1. The molecule has 0 aliphatic carbocycles. The Balaban J connectivity index is 1.49. The fraction of sp³-hybridized carbons (Fsp3) is 0.130. The molecule has 0 radical (unpaired) electrons. The molecule has 3 aromatic rings. The minimum atomic E-state index is -0.197. The van der Waals surface area contributed by atoms with Crippen LogP contribution in [0.4, 0.5) is 11.4 Å². The van der Waals surface area contributed by atoms with Crippen molar-refractivity contribution in [2.45, 2.75) is 6.54 Å². The molecule has 0 aromatic heterocycles. The second kappa shape index (κ2) is 9.94. The highest BCUT2D eigenvalue weighted by atomic mass is 16.5. The third-order valence-electron chi connectivity index (χ3n) is 4.27. The fourth-order valence-corrected chi connectivity index (χ4v) is 2.76. The summed E-state index contributed by atoms with van der Waals surface area (Å²) in [5.74, 6) is 0.313. The number of benzene rings is 3. The molecule has 148 valence electrons. The van der Waals surface area contributed by atoms with Gasteiger partial charge in [-0.2, -0.15) is 0 Å². The Morgan fingerprint density at radius 3 is 2.28 bits per heavy atom. The molecule has 0 bridgehead atoms. The summed E-state index contributed by atoms with van der Waals surface area (Å²) in [7, 11) is 1.58. The molecule has 0 atom stereocenters. The van der Waals surface area contributed by atoms with Crippen molar-refractivity contribution < 1.29 is 14.3 Å². The predicted octanol–water partition coefficient (Wildman–Crippen LogP) is 3.68. The molecule has 3 N–H and O–H groups in total. The predicted molar refractivity (Wildman–Crippen MR) is 114 cm³/mol. The SMILES string of the molecule is COc1ccccc1NCC(=O)Nc1ccc(C(=O)NCc2ccccc2)cc1. The van der Waals surface area contributed by atoms with Crippen LogP contribution in [0.3, 0.4) is 0 Å². The van der Waals surface area contributed by atoms with Gasteiger partial charge in [0, 0.05) is 17.8 Å². The van der Waals surface area contributed by atoms with E-state index in [2.05, 4.69) is 16.0 Å². The largest absolute Gasteiger partial charge is 0.495 e. The number of anilines is 2. The highest BCUT2D eigenvalue weighted by molar-refractivity contribution is 5.96. The number of carbonyl (C=O) groups is 2. The normalized spacial score (nSPS) is 10.1. The average molecular weight is 389 g/mol. The Morgan fingerprint density at radius 1 is 0.862 bits per heavy atom. The van der Waals surface area contributed by atoms with E-state index >= 15 is 0 Å². The van der Waals surface area contributed by atoms with E-state index in [1.54, 1.807) is 31.4 Å². The molecule has 6 heteroatoms. The second-order valence-corrected chi connectivity index (χ2v) is 6.35. The minimum absolute atomic E-state index is 0.0969. The lowest BCUT2D eigenvalue weighted by Crippen LogP contribution is -2.23. The zero-order valence-corrected chi connectivity index (χ0v) is 16.1. The van der Waals surface area contributed by atoms with E-state index in [4.69, 9.17) is 4.74 Å². The van der Waals surface area contributed by atoms with Gasteiger partial charge in [-0.05, 0) is 42.0 Å². The molecule has 0 heterocycles. The van der Waals surface area contributed by atoms with Crippen LogP contribution >= 0.6 is 0 Å². The van der Waals surface area contributed by atoms with E-state index in [0.717, 1.165) is 11.3 Å². The summed E-state index contributed by atoms with van der Waals surface area (Å²) in [4.78, 5) is 24.4. The number of hydrogen-bond donors (Lipinski definition) is 3. The number of ether oxygens (including phenoxy) is 1. The molecule has 0 saturated heterocycles. The van der Waals surface area contributed by atoms with Crippen LogP contribution in [0.5, 0.6) is 5.75 Å². The molecule has 0 spiro atoms. The molecule has 6 nitrogen and oxygen atoms in total. The standard InChI is InChI=1S/C23H23N3O3/c1-29-21-10-6-5-9-20(21)24-16-22(27)26-19-13-11-18(12-14-19)23(28)25-15-17-7-3-2-4-8-17/h2-14,24H,15-16H2,1H3,(H,25,28)(H,26,27). The van der Waals surface area contributed by atoms with E-state index in [-0.39, 0.29) is 18.4 Å². The first-order valence-corrected chi connectivity index (χ1v) is 9.24. The Bertz CT molecular complexity index is 957. The Labute approximate surface area is 169 Å². The van der Waals surface area contributed by atoms with Crippen LogP contribution in [0.15, 0.2) is 78.9 Å². The molecule has 0 unspecified atom stereocenters. The molecule has 0 saturated carbocycles. The molecule has 29 heavy (non-hydrogen) atoms. The Kier molecular flexibility index (Phi) is 6.84. The van der Waals surface area contributed by atoms with Crippen molar-refractivity contribution >= 4 is 23.2 Å². The van der Waals surface area contributed by atoms with Gasteiger partial charge in [-0.1, -0.05) is 42.5 Å². The highest BCUT2D eigenvalue weighted by Crippen LogP contribution is 2.22. The summed E-state index contributed by atoms with van der Waals surface area (Å²) >= 11 is 0. The van der Waals surface area contributed by atoms with Gasteiger partial charge in [-0.25, -0.2) is 0 Å². The average Bonchev–Trinajstić information content (AvgIpc) is 2.77. The van der Waals surface area contributed by atoms with Crippen LogP contribution in [0.2, 0.25) is 0 Å². The second-order valence-electron chi connectivity index (χ2n) is 6.35. The highest BCUT2D eigenvalue weighted by Gasteiger charge is 2.08. The molecular formula is C23H23N3O3. The van der Waals surface area contributed by atoms with E-state index in [1.807, 2.05) is 54.6 Å². The lowest BCUT2D eigenvalue weighted by molar-refractivity contribution is -0.114. The first kappa shape index (κ1) is 19.9. The molecule has 3 aromatic carbocycles. The molecule has 0 aliphatic rings. The monoisotopic (exact) mass is 389 g/mol. The lowest BCUT2D eigenvalue weighted by Gasteiger charge is -2.11. The molecular weight excluding hydrogens is 366 g/mol. The van der Waals surface area contributed by atoms with Crippen molar-refractivity contribution in [3.8, 4) is 5.75 Å². The summed E-state index contributed by atoms with van der Waals surface area (Å²) in [6.07, 6.45) is 0. The van der Waals surface area contributed by atoms with Crippen molar-refractivity contribution in [3.63, 3.8) is 0 Å². The summed E-state index contributed by atoms with van der Waals surface area (Å²) in [5, 5.41) is 8.72. The van der Waals surface area contributed by atoms with E-state index in [0.29, 0.717) is 23.5 Å². The van der Waals surface area contributed by atoms with Crippen LogP contribution in [0.25, 0.3) is 0 Å². The van der Waals surface area contributed by atoms with E-state index in [1.165, 1.54) is 0 Å². The third-order valence-corrected chi connectivity index (χ3v) is 4.27. The van der Waals surface area contributed by atoms with Crippen molar-refractivity contribution in [2.24, 2.45) is 0 Å². The zero-order chi connectivity index (χ0) is 20.5. The van der Waals surface area contributed by atoms with Gasteiger partial charge in [0.05, 0.1) is 19.3 Å². The maximum Gasteiger partial charge on any atom is 0.251 e. The summed E-state index contributed by atoms with van der Waals surface area (Å²) in [6, 6.07) is 23.9. The number of methoxy groups -OCH3 is 1. The summed E-state index contributed by atoms with van der Waals surface area (Å²) < 4.78 is 5.25. The van der Waals surface area contributed by atoms with Crippen molar-refractivity contribution in [3.05, 3.63) is 90.0 Å². The maximum atomic E-state index is 12.3. The first-order chi connectivity index (χ1) is 14.2. The molecule has 0 fully saturated rings. The van der Waals surface area contributed by atoms with Gasteiger partial charge < -0.3 is 20.7 Å².